The first-order chi connectivity index (χ1) is 10.2. The van der Waals surface area contributed by atoms with Gasteiger partial charge in [-0.25, -0.2) is 4.98 Å². The quantitative estimate of drug-likeness (QED) is 0.690. The summed E-state index contributed by atoms with van der Waals surface area (Å²) in [6.45, 7) is 3.59. The molecule has 21 heavy (non-hydrogen) atoms. The minimum absolute atomic E-state index is 0.114. The zero-order valence-electron chi connectivity index (χ0n) is 11.6. The van der Waals surface area contributed by atoms with E-state index in [1.807, 2.05) is 6.92 Å². The van der Waals surface area contributed by atoms with Crippen LogP contribution in [0.5, 0.6) is 0 Å². The minimum Gasteiger partial charge on any atom is -0.342 e. The third kappa shape index (κ3) is 2.12. The van der Waals surface area contributed by atoms with Crippen molar-refractivity contribution in [2.24, 2.45) is 0 Å². The number of hydrogen-bond acceptors (Lipinski definition) is 5. The van der Waals surface area contributed by atoms with Gasteiger partial charge in [0.2, 0.25) is 10.1 Å². The lowest BCUT2D eigenvalue weighted by Crippen LogP contribution is -2.30. The fourth-order valence-electron chi connectivity index (χ4n) is 2.70. The first-order valence-electron chi connectivity index (χ1n) is 6.90. The smallest absolute Gasteiger partial charge is 0.275 e. The van der Waals surface area contributed by atoms with Crippen LogP contribution < -0.4 is 10.5 Å². The second-order valence-corrected chi connectivity index (χ2v) is 6.19. The van der Waals surface area contributed by atoms with Gasteiger partial charge in [-0.15, -0.1) is 5.10 Å². The van der Waals surface area contributed by atoms with E-state index in [4.69, 9.17) is 0 Å². The molecule has 0 unspecified atom stereocenters. The number of benzene rings is 1. The van der Waals surface area contributed by atoms with Gasteiger partial charge in [0.15, 0.2) is 0 Å². The van der Waals surface area contributed by atoms with Crippen molar-refractivity contribution in [1.29, 1.82) is 0 Å². The molecule has 0 bridgehead atoms. The molecule has 0 amide bonds. The summed E-state index contributed by atoms with van der Waals surface area (Å²) >= 11 is 1.47. The van der Waals surface area contributed by atoms with Gasteiger partial charge in [-0.1, -0.05) is 35.6 Å². The number of aryl methyl sites for hydroxylation is 1. The van der Waals surface area contributed by atoms with Crippen LogP contribution in [-0.2, 0) is 13.0 Å². The molecule has 6 heteroatoms. The van der Waals surface area contributed by atoms with Crippen LogP contribution in [0.25, 0.3) is 4.96 Å². The van der Waals surface area contributed by atoms with E-state index in [0.29, 0.717) is 4.96 Å². The molecule has 1 aliphatic rings. The molecule has 3 aromatic rings. The van der Waals surface area contributed by atoms with E-state index in [1.165, 1.54) is 33.0 Å². The SMILES string of the molecule is Cc1cc(=O)n2nc(N3CCc4ccccc4C3)sc2n1. The Morgan fingerprint density at radius 1 is 1.24 bits per heavy atom. The van der Waals surface area contributed by atoms with Crippen LogP contribution in [0.2, 0.25) is 0 Å². The Kier molecular flexibility index (Phi) is 2.78. The molecule has 0 spiro atoms. The highest BCUT2D eigenvalue weighted by Gasteiger charge is 2.19. The summed E-state index contributed by atoms with van der Waals surface area (Å²) in [6, 6.07) is 10.0. The van der Waals surface area contributed by atoms with Crippen LogP contribution in [0.3, 0.4) is 0 Å². The van der Waals surface area contributed by atoms with E-state index in [0.717, 1.165) is 30.3 Å². The summed E-state index contributed by atoms with van der Waals surface area (Å²) in [5, 5.41) is 5.30. The van der Waals surface area contributed by atoms with Crippen molar-refractivity contribution >= 4 is 21.4 Å². The van der Waals surface area contributed by atoms with Crippen molar-refractivity contribution in [3.63, 3.8) is 0 Å². The van der Waals surface area contributed by atoms with Crippen molar-refractivity contribution in [3.05, 3.63) is 57.5 Å². The first-order valence-corrected chi connectivity index (χ1v) is 7.71. The summed E-state index contributed by atoms with van der Waals surface area (Å²) in [7, 11) is 0. The predicted molar refractivity (Wildman–Crippen MR) is 83.1 cm³/mol. The summed E-state index contributed by atoms with van der Waals surface area (Å²) in [5.74, 6) is 0. The Hall–Kier alpha value is -2.21. The Bertz CT molecular complexity index is 883. The lowest BCUT2D eigenvalue weighted by Gasteiger charge is -2.27. The zero-order valence-corrected chi connectivity index (χ0v) is 12.4. The molecule has 3 heterocycles. The Balaban J connectivity index is 1.75. The number of anilines is 1. The van der Waals surface area contributed by atoms with E-state index in [2.05, 4.69) is 39.2 Å². The van der Waals surface area contributed by atoms with Crippen LogP contribution in [0, 0.1) is 6.92 Å². The summed E-state index contributed by atoms with van der Waals surface area (Å²) in [5.41, 5.74) is 3.36. The second-order valence-electron chi connectivity index (χ2n) is 5.26. The van der Waals surface area contributed by atoms with Crippen molar-refractivity contribution in [2.45, 2.75) is 19.9 Å². The molecule has 0 atom stereocenters. The molecule has 106 valence electrons. The maximum atomic E-state index is 11.9. The van der Waals surface area contributed by atoms with E-state index in [1.54, 1.807) is 0 Å². The van der Waals surface area contributed by atoms with Gasteiger partial charge in [0.25, 0.3) is 5.56 Å². The van der Waals surface area contributed by atoms with E-state index >= 15 is 0 Å². The maximum absolute atomic E-state index is 11.9. The zero-order chi connectivity index (χ0) is 14.4. The molecule has 0 aliphatic carbocycles. The largest absolute Gasteiger partial charge is 0.342 e. The molecule has 0 fully saturated rings. The number of aromatic nitrogens is 3. The van der Waals surface area contributed by atoms with E-state index < -0.39 is 0 Å². The van der Waals surface area contributed by atoms with Gasteiger partial charge in [0.1, 0.15) is 0 Å². The molecule has 5 nitrogen and oxygen atoms in total. The minimum atomic E-state index is -0.114. The van der Waals surface area contributed by atoms with Gasteiger partial charge in [0, 0.05) is 24.8 Å². The van der Waals surface area contributed by atoms with Crippen molar-refractivity contribution in [1.82, 2.24) is 14.6 Å². The first kappa shape index (κ1) is 12.5. The standard InChI is InChI=1S/C15H14N4OS/c1-10-8-13(20)19-14(16-10)21-15(17-19)18-7-6-11-4-2-3-5-12(11)9-18/h2-5,8H,6-7,9H2,1H3. The van der Waals surface area contributed by atoms with Gasteiger partial charge in [-0.2, -0.15) is 4.52 Å². The Morgan fingerprint density at radius 2 is 2.05 bits per heavy atom. The Morgan fingerprint density at radius 3 is 2.90 bits per heavy atom. The van der Waals surface area contributed by atoms with Crippen LogP contribution in [0.4, 0.5) is 5.13 Å². The number of rotatable bonds is 1. The molecular formula is C15H14N4OS. The fourth-order valence-corrected chi connectivity index (χ4v) is 3.67. The monoisotopic (exact) mass is 298 g/mol. The number of fused-ring (bicyclic) bond motifs is 2. The number of nitrogens with zero attached hydrogens (tertiary/aromatic N) is 4. The van der Waals surface area contributed by atoms with Gasteiger partial charge in [-0.3, -0.25) is 4.79 Å². The fraction of sp³-hybridized carbons (Fsp3) is 0.267. The normalized spacial score (nSPS) is 14.4. The van der Waals surface area contributed by atoms with Crippen molar-refractivity contribution < 1.29 is 0 Å². The highest BCUT2D eigenvalue weighted by Crippen LogP contribution is 2.27. The summed E-state index contributed by atoms with van der Waals surface area (Å²) < 4.78 is 1.40. The molecule has 0 saturated heterocycles. The number of hydrogen-bond donors (Lipinski definition) is 0. The lowest BCUT2D eigenvalue weighted by molar-refractivity contribution is 0.716. The van der Waals surface area contributed by atoms with E-state index in [9.17, 15) is 4.79 Å². The third-order valence-corrected chi connectivity index (χ3v) is 4.73. The van der Waals surface area contributed by atoms with Crippen LogP contribution in [-0.4, -0.2) is 21.1 Å². The third-order valence-electron chi connectivity index (χ3n) is 3.76. The molecule has 1 aromatic carbocycles. The van der Waals surface area contributed by atoms with Crippen molar-refractivity contribution in [3.8, 4) is 0 Å². The van der Waals surface area contributed by atoms with Crippen LogP contribution in [0.1, 0.15) is 16.8 Å². The molecule has 0 N–H and O–H groups in total. The second kappa shape index (κ2) is 4.66. The molecule has 0 radical (unpaired) electrons. The van der Waals surface area contributed by atoms with E-state index in [-0.39, 0.29) is 5.56 Å². The molecule has 4 rings (SSSR count). The molecule has 2 aromatic heterocycles. The van der Waals surface area contributed by atoms with Crippen LogP contribution in [0.15, 0.2) is 35.1 Å². The Labute approximate surface area is 125 Å². The lowest BCUT2D eigenvalue weighted by atomic mass is 10.0. The highest BCUT2D eigenvalue weighted by molar-refractivity contribution is 7.20. The van der Waals surface area contributed by atoms with Gasteiger partial charge < -0.3 is 4.90 Å². The molecular weight excluding hydrogens is 284 g/mol. The van der Waals surface area contributed by atoms with Gasteiger partial charge in [0.05, 0.1) is 0 Å². The molecule has 1 aliphatic heterocycles. The van der Waals surface area contributed by atoms with Gasteiger partial charge >= 0.3 is 0 Å². The topological polar surface area (TPSA) is 50.5 Å². The van der Waals surface area contributed by atoms with Crippen LogP contribution >= 0.6 is 11.3 Å². The summed E-state index contributed by atoms with van der Waals surface area (Å²) in [6.07, 6.45) is 1.01. The highest BCUT2D eigenvalue weighted by atomic mass is 32.1. The average molecular weight is 298 g/mol. The van der Waals surface area contributed by atoms with Crippen molar-refractivity contribution in [2.75, 3.05) is 11.4 Å². The predicted octanol–water partition coefficient (Wildman–Crippen LogP) is 2.02. The summed E-state index contributed by atoms with van der Waals surface area (Å²) in [4.78, 5) is 19.2. The maximum Gasteiger partial charge on any atom is 0.275 e. The van der Waals surface area contributed by atoms with Gasteiger partial charge in [-0.05, 0) is 24.5 Å². The average Bonchev–Trinajstić information content (AvgIpc) is 2.91. The molecule has 0 saturated carbocycles.